The number of nitrogen functional groups attached to an aromatic ring is 1. The van der Waals surface area contributed by atoms with E-state index in [2.05, 4.69) is 27.3 Å². The molecule has 2 aromatic carbocycles. The molecule has 1 saturated carbocycles. The number of rotatable bonds is 5. The van der Waals surface area contributed by atoms with Gasteiger partial charge in [-0.25, -0.2) is 4.98 Å². The molecule has 2 atom stereocenters. The highest BCUT2D eigenvalue weighted by Crippen LogP contribution is 2.59. The first kappa shape index (κ1) is 23.1. The van der Waals surface area contributed by atoms with Gasteiger partial charge in [0.25, 0.3) is 5.91 Å². The molecule has 2 fully saturated rings. The fourth-order valence-corrected chi connectivity index (χ4v) is 6.22. The Morgan fingerprint density at radius 1 is 1.14 bits per heavy atom. The van der Waals surface area contributed by atoms with Crippen LogP contribution in [0, 0.1) is 11.9 Å². The Morgan fingerprint density at radius 3 is 2.64 bits per heavy atom. The number of carbonyl (C=O) groups excluding carboxylic acids is 1. The summed E-state index contributed by atoms with van der Waals surface area (Å²) in [5, 5.41) is 13.1. The Labute approximate surface area is 210 Å². The molecular formula is C29H31FN4O2. The van der Waals surface area contributed by atoms with Gasteiger partial charge in [0, 0.05) is 48.3 Å². The summed E-state index contributed by atoms with van der Waals surface area (Å²) in [4.78, 5) is 18.5. The first-order chi connectivity index (χ1) is 17.1. The monoisotopic (exact) mass is 486 g/mol. The number of fused-ring (bicyclic) bond motifs is 2. The Morgan fingerprint density at radius 2 is 1.89 bits per heavy atom. The van der Waals surface area contributed by atoms with Gasteiger partial charge in [0.2, 0.25) is 5.95 Å². The normalized spacial score (nSPS) is 23.2. The van der Waals surface area contributed by atoms with Gasteiger partial charge in [-0.2, -0.15) is 4.39 Å². The molecular weight excluding hydrogens is 455 g/mol. The van der Waals surface area contributed by atoms with E-state index in [0.29, 0.717) is 35.7 Å². The van der Waals surface area contributed by atoms with E-state index in [-0.39, 0.29) is 17.1 Å². The highest BCUT2D eigenvalue weighted by atomic mass is 19.1. The number of nitrogens with one attached hydrogen (secondary N) is 1. The van der Waals surface area contributed by atoms with Crippen LogP contribution in [0.25, 0.3) is 22.3 Å². The lowest BCUT2D eigenvalue weighted by Crippen LogP contribution is -2.39. The van der Waals surface area contributed by atoms with Crippen molar-refractivity contribution in [3.05, 3.63) is 71.2 Å². The Hall–Kier alpha value is -3.29. The van der Waals surface area contributed by atoms with Crippen LogP contribution in [-0.2, 0) is 11.8 Å². The van der Waals surface area contributed by atoms with Crippen LogP contribution in [0.4, 0.5) is 10.2 Å². The van der Waals surface area contributed by atoms with Crippen LogP contribution in [0.3, 0.4) is 0 Å². The molecule has 4 N–H and O–H groups in total. The summed E-state index contributed by atoms with van der Waals surface area (Å²) in [6.07, 6.45) is 1.90. The fraction of sp³-hybridized carbons (Fsp3) is 0.379. The number of amides is 1. The number of likely N-dealkylation sites (tertiary alicyclic amines) is 1. The Bertz CT molecular complexity index is 1360. The molecule has 6 nitrogen and oxygen atoms in total. The van der Waals surface area contributed by atoms with E-state index in [0.717, 1.165) is 42.6 Å². The van der Waals surface area contributed by atoms with Gasteiger partial charge in [-0.05, 0) is 67.0 Å². The molecule has 3 heterocycles. The predicted octanol–water partition coefficient (Wildman–Crippen LogP) is 3.77. The van der Waals surface area contributed by atoms with E-state index >= 15 is 0 Å². The standard InChI is InChI=1S/C29H31FN4O2/c1-28(2,36)15-34-14-21-13-29(21,16-34)20-6-3-17(4-7-20)23-12-24(26(31)33-25(23)30)18-5-8-22-19(11-18)9-10-32-27(22)35/h3-8,11-12,21,36H,9-10,13-16H2,1-2H3,(H2,31,33)(H,32,35)/t21-,29+/m0/s1. The number of aliphatic hydroxyl groups is 1. The van der Waals surface area contributed by atoms with E-state index in [4.69, 9.17) is 5.73 Å². The van der Waals surface area contributed by atoms with Crippen LogP contribution in [0.1, 0.15) is 41.8 Å². The highest BCUT2D eigenvalue weighted by Gasteiger charge is 2.60. The molecule has 0 radical (unpaired) electrons. The number of aromatic nitrogens is 1. The zero-order chi connectivity index (χ0) is 25.2. The van der Waals surface area contributed by atoms with E-state index in [1.54, 1.807) is 12.1 Å². The maximum Gasteiger partial charge on any atom is 0.251 e. The maximum atomic E-state index is 15.0. The Balaban J connectivity index is 1.28. The zero-order valence-electron chi connectivity index (χ0n) is 20.6. The first-order valence-corrected chi connectivity index (χ1v) is 12.6. The molecule has 1 aromatic heterocycles. The second kappa shape index (κ2) is 8.11. The SMILES string of the molecule is CC(C)(O)CN1C[C@@H]2C[C@]2(c2ccc(-c3cc(-c4ccc5c(c4)CCNC5=O)c(N)nc3F)cc2)C1. The van der Waals surface area contributed by atoms with Crippen LogP contribution < -0.4 is 11.1 Å². The summed E-state index contributed by atoms with van der Waals surface area (Å²) in [7, 11) is 0. The second-order valence-electron chi connectivity index (χ2n) is 11.3. The molecule has 3 aliphatic rings. The van der Waals surface area contributed by atoms with Gasteiger partial charge in [0.05, 0.1) is 5.60 Å². The molecule has 0 unspecified atom stereocenters. The van der Waals surface area contributed by atoms with Gasteiger partial charge >= 0.3 is 0 Å². The number of hydrogen-bond donors (Lipinski definition) is 3. The lowest BCUT2D eigenvalue weighted by Gasteiger charge is -2.27. The molecule has 36 heavy (non-hydrogen) atoms. The third-order valence-corrected chi connectivity index (χ3v) is 7.94. The average molecular weight is 487 g/mol. The lowest BCUT2D eigenvalue weighted by molar-refractivity contribution is 0.0398. The molecule has 1 amide bonds. The minimum Gasteiger partial charge on any atom is -0.389 e. The van der Waals surface area contributed by atoms with E-state index in [1.807, 2.05) is 38.1 Å². The number of carbonyl (C=O) groups is 1. The van der Waals surface area contributed by atoms with Crippen LogP contribution in [0.15, 0.2) is 48.5 Å². The van der Waals surface area contributed by atoms with Crippen molar-refractivity contribution in [1.82, 2.24) is 15.2 Å². The molecule has 7 heteroatoms. The quantitative estimate of drug-likeness (QED) is 0.478. The fourth-order valence-electron chi connectivity index (χ4n) is 6.22. The van der Waals surface area contributed by atoms with Crippen molar-refractivity contribution in [1.29, 1.82) is 0 Å². The number of benzene rings is 2. The third-order valence-electron chi connectivity index (χ3n) is 7.94. The minimum atomic E-state index is -0.705. The van der Waals surface area contributed by atoms with Gasteiger partial charge in [-0.1, -0.05) is 36.4 Å². The topological polar surface area (TPSA) is 91.5 Å². The number of anilines is 1. The molecule has 0 bridgehead atoms. The zero-order valence-corrected chi connectivity index (χ0v) is 20.6. The van der Waals surface area contributed by atoms with Gasteiger partial charge < -0.3 is 16.2 Å². The third kappa shape index (κ3) is 3.96. The number of nitrogens with two attached hydrogens (primary N) is 1. The summed E-state index contributed by atoms with van der Waals surface area (Å²) < 4.78 is 15.0. The summed E-state index contributed by atoms with van der Waals surface area (Å²) in [6.45, 7) is 6.92. The maximum absolute atomic E-state index is 15.0. The molecule has 2 aliphatic heterocycles. The molecule has 0 spiro atoms. The summed E-state index contributed by atoms with van der Waals surface area (Å²) >= 11 is 0. The van der Waals surface area contributed by atoms with Crippen molar-refractivity contribution in [2.24, 2.45) is 5.92 Å². The van der Waals surface area contributed by atoms with Crippen molar-refractivity contribution < 1.29 is 14.3 Å². The van der Waals surface area contributed by atoms with Crippen LogP contribution in [0.2, 0.25) is 0 Å². The molecule has 1 aliphatic carbocycles. The van der Waals surface area contributed by atoms with Crippen LogP contribution >= 0.6 is 0 Å². The van der Waals surface area contributed by atoms with Crippen molar-refractivity contribution in [3.8, 4) is 22.3 Å². The second-order valence-corrected chi connectivity index (χ2v) is 11.3. The van der Waals surface area contributed by atoms with Crippen molar-refractivity contribution in [2.75, 3.05) is 31.9 Å². The van der Waals surface area contributed by atoms with Crippen molar-refractivity contribution in [3.63, 3.8) is 0 Å². The van der Waals surface area contributed by atoms with E-state index in [9.17, 15) is 14.3 Å². The number of piperidine rings is 1. The summed E-state index contributed by atoms with van der Waals surface area (Å²) in [5.74, 6) is 0.0709. The van der Waals surface area contributed by atoms with Crippen molar-refractivity contribution in [2.45, 2.75) is 37.7 Å². The summed E-state index contributed by atoms with van der Waals surface area (Å²) in [5.41, 5.74) is 11.1. The summed E-state index contributed by atoms with van der Waals surface area (Å²) in [6, 6.07) is 15.5. The number of hydrogen-bond acceptors (Lipinski definition) is 5. The first-order valence-electron chi connectivity index (χ1n) is 12.6. The van der Waals surface area contributed by atoms with Crippen molar-refractivity contribution >= 4 is 11.7 Å². The molecule has 3 aromatic rings. The number of halogens is 1. The molecule has 186 valence electrons. The number of nitrogens with zero attached hydrogens (tertiary/aromatic N) is 2. The number of β-amino-alcohol motifs (C(OH)–C–C–N with tert-alkyl or cyclic N) is 1. The van der Waals surface area contributed by atoms with Crippen LogP contribution in [0.5, 0.6) is 0 Å². The van der Waals surface area contributed by atoms with E-state index < -0.39 is 11.5 Å². The average Bonchev–Trinajstić information content (AvgIpc) is 3.39. The van der Waals surface area contributed by atoms with Gasteiger partial charge in [0.1, 0.15) is 5.82 Å². The largest absolute Gasteiger partial charge is 0.389 e. The number of pyridine rings is 1. The Kier molecular flexibility index (Phi) is 5.21. The molecule has 1 saturated heterocycles. The molecule has 6 rings (SSSR count). The van der Waals surface area contributed by atoms with Gasteiger partial charge in [0.15, 0.2) is 0 Å². The van der Waals surface area contributed by atoms with Gasteiger partial charge in [-0.15, -0.1) is 0 Å². The minimum absolute atomic E-state index is 0.0726. The lowest BCUT2D eigenvalue weighted by atomic mass is 9.92. The smallest absolute Gasteiger partial charge is 0.251 e. The van der Waals surface area contributed by atoms with E-state index in [1.165, 1.54) is 5.56 Å². The van der Waals surface area contributed by atoms with Crippen LogP contribution in [-0.4, -0.2) is 52.7 Å². The highest BCUT2D eigenvalue weighted by molar-refractivity contribution is 5.97. The van der Waals surface area contributed by atoms with Gasteiger partial charge in [-0.3, -0.25) is 9.69 Å². The predicted molar refractivity (Wildman–Crippen MR) is 138 cm³/mol.